The summed E-state index contributed by atoms with van der Waals surface area (Å²) in [5.74, 6) is 0.712. The van der Waals surface area contributed by atoms with Crippen molar-refractivity contribution in [3.63, 3.8) is 0 Å². The Balaban J connectivity index is 1.38. The van der Waals surface area contributed by atoms with Crippen LogP contribution >= 0.6 is 0 Å². The Morgan fingerprint density at radius 1 is 1.07 bits per heavy atom. The van der Waals surface area contributed by atoms with Crippen LogP contribution in [0.5, 0.6) is 5.75 Å². The van der Waals surface area contributed by atoms with Gasteiger partial charge in [0, 0.05) is 45.1 Å². The maximum Gasteiger partial charge on any atom is 0.257 e. The number of carbonyl (C=O) groups is 1. The van der Waals surface area contributed by atoms with Gasteiger partial charge in [-0.2, -0.15) is 0 Å². The van der Waals surface area contributed by atoms with Crippen molar-refractivity contribution >= 4 is 11.6 Å². The van der Waals surface area contributed by atoms with Crippen LogP contribution in [0.1, 0.15) is 23.0 Å². The first-order valence-electron chi connectivity index (χ1n) is 9.40. The lowest BCUT2D eigenvalue weighted by molar-refractivity contribution is 0.0623. The topological polar surface area (TPSA) is 50.1 Å². The summed E-state index contributed by atoms with van der Waals surface area (Å²) in [5, 5.41) is 0. The first-order valence-corrected chi connectivity index (χ1v) is 9.40. The van der Waals surface area contributed by atoms with Gasteiger partial charge in [0.15, 0.2) is 0 Å². The van der Waals surface area contributed by atoms with Crippen LogP contribution in [0.4, 0.5) is 0 Å². The van der Waals surface area contributed by atoms with Crippen LogP contribution in [0, 0.1) is 0 Å². The Morgan fingerprint density at radius 3 is 2.63 bits per heavy atom. The molecule has 0 N–H and O–H groups in total. The molecule has 0 spiro atoms. The van der Waals surface area contributed by atoms with Gasteiger partial charge in [0.05, 0.1) is 17.9 Å². The Kier molecular flexibility index (Phi) is 5.07. The number of hydrogen-bond acceptors (Lipinski definition) is 4. The molecule has 1 amide bonds. The number of hydrogen-bond donors (Lipinski definition) is 0. The van der Waals surface area contributed by atoms with E-state index in [1.54, 1.807) is 0 Å². The van der Waals surface area contributed by atoms with Crippen LogP contribution in [-0.4, -0.2) is 57.9 Å². The molecule has 0 saturated carbocycles. The van der Waals surface area contributed by atoms with Crippen molar-refractivity contribution in [2.75, 3.05) is 32.8 Å². The molecule has 0 aliphatic carbocycles. The van der Waals surface area contributed by atoms with Gasteiger partial charge in [-0.15, -0.1) is 0 Å². The molecule has 0 unspecified atom stereocenters. The third-order valence-electron chi connectivity index (χ3n) is 4.88. The average molecular weight is 364 g/mol. The van der Waals surface area contributed by atoms with E-state index in [-0.39, 0.29) is 5.91 Å². The highest BCUT2D eigenvalue weighted by atomic mass is 16.5. The largest absolute Gasteiger partial charge is 0.493 e. The number of rotatable bonds is 5. The van der Waals surface area contributed by atoms with Gasteiger partial charge in [-0.05, 0) is 31.2 Å². The highest BCUT2D eigenvalue weighted by Gasteiger charge is 2.24. The molecule has 0 radical (unpaired) electrons. The molecule has 6 nitrogen and oxygen atoms in total. The Labute approximate surface area is 159 Å². The molecule has 27 heavy (non-hydrogen) atoms. The molecule has 2 aromatic heterocycles. The molecule has 1 saturated heterocycles. The van der Waals surface area contributed by atoms with Crippen LogP contribution in [0.3, 0.4) is 0 Å². The van der Waals surface area contributed by atoms with E-state index in [1.165, 1.54) is 0 Å². The minimum atomic E-state index is 0.0476. The summed E-state index contributed by atoms with van der Waals surface area (Å²) in [6.45, 7) is 6.40. The minimum Gasteiger partial charge on any atom is -0.493 e. The zero-order chi connectivity index (χ0) is 18.6. The molecule has 1 fully saturated rings. The van der Waals surface area contributed by atoms with Crippen molar-refractivity contribution in [3.05, 3.63) is 66.1 Å². The van der Waals surface area contributed by atoms with Crippen LogP contribution in [0.15, 0.2) is 54.9 Å². The molecule has 3 aromatic rings. The second-order valence-electron chi connectivity index (χ2n) is 6.70. The Hall–Kier alpha value is -2.86. The van der Waals surface area contributed by atoms with E-state index in [1.807, 2.05) is 64.9 Å². The monoisotopic (exact) mass is 364 g/mol. The molecule has 1 aliphatic heterocycles. The first kappa shape index (κ1) is 17.5. The summed E-state index contributed by atoms with van der Waals surface area (Å²) in [6, 6.07) is 13.5. The number of carbonyl (C=O) groups excluding carboxylic acids is 1. The predicted molar refractivity (Wildman–Crippen MR) is 104 cm³/mol. The molecule has 3 heterocycles. The van der Waals surface area contributed by atoms with E-state index in [4.69, 9.17) is 4.74 Å². The number of imidazole rings is 1. The second kappa shape index (κ2) is 7.80. The standard InChI is InChI=1S/C21H24N4O2/c1-2-27-19-8-4-3-7-18(19)21(26)24-13-11-23(12-14-24)15-17-16-25-10-6-5-9-20(25)22-17/h3-10,16H,2,11-15H2,1H3. The summed E-state index contributed by atoms with van der Waals surface area (Å²) in [7, 11) is 0. The van der Waals surface area contributed by atoms with E-state index < -0.39 is 0 Å². The molecule has 4 rings (SSSR count). The maximum atomic E-state index is 12.9. The molecular formula is C21H24N4O2. The number of benzene rings is 1. The lowest BCUT2D eigenvalue weighted by Crippen LogP contribution is -2.48. The van der Waals surface area contributed by atoms with E-state index in [0.29, 0.717) is 31.0 Å². The molecule has 140 valence electrons. The van der Waals surface area contributed by atoms with Crippen LogP contribution < -0.4 is 4.74 Å². The summed E-state index contributed by atoms with van der Waals surface area (Å²) in [5.41, 5.74) is 2.67. The number of fused-ring (bicyclic) bond motifs is 1. The number of para-hydroxylation sites is 1. The van der Waals surface area contributed by atoms with E-state index in [2.05, 4.69) is 16.1 Å². The van der Waals surface area contributed by atoms with Gasteiger partial charge in [0.25, 0.3) is 5.91 Å². The normalized spacial score (nSPS) is 15.2. The smallest absolute Gasteiger partial charge is 0.257 e. The number of piperazine rings is 1. The summed E-state index contributed by atoms with van der Waals surface area (Å²) in [6.07, 6.45) is 4.09. The van der Waals surface area contributed by atoms with E-state index in [9.17, 15) is 4.79 Å². The summed E-state index contributed by atoms with van der Waals surface area (Å²) >= 11 is 0. The molecule has 0 atom stereocenters. The number of amides is 1. The van der Waals surface area contributed by atoms with Crippen molar-refractivity contribution in [1.82, 2.24) is 19.2 Å². The molecule has 0 bridgehead atoms. The van der Waals surface area contributed by atoms with Crippen molar-refractivity contribution in [2.45, 2.75) is 13.5 Å². The Morgan fingerprint density at radius 2 is 1.85 bits per heavy atom. The average Bonchev–Trinajstić information content (AvgIpc) is 3.11. The summed E-state index contributed by atoms with van der Waals surface area (Å²) in [4.78, 5) is 21.8. The van der Waals surface area contributed by atoms with E-state index >= 15 is 0 Å². The van der Waals surface area contributed by atoms with Gasteiger partial charge in [-0.1, -0.05) is 18.2 Å². The van der Waals surface area contributed by atoms with Crippen molar-refractivity contribution < 1.29 is 9.53 Å². The highest BCUT2D eigenvalue weighted by molar-refractivity contribution is 5.97. The maximum absolute atomic E-state index is 12.9. The fourth-order valence-corrected chi connectivity index (χ4v) is 3.50. The molecular weight excluding hydrogens is 340 g/mol. The molecule has 1 aromatic carbocycles. The second-order valence-corrected chi connectivity index (χ2v) is 6.70. The molecule has 6 heteroatoms. The van der Waals surface area contributed by atoms with Crippen LogP contribution in [-0.2, 0) is 6.54 Å². The number of aromatic nitrogens is 2. The first-order chi connectivity index (χ1) is 13.2. The minimum absolute atomic E-state index is 0.0476. The fourth-order valence-electron chi connectivity index (χ4n) is 3.50. The highest BCUT2D eigenvalue weighted by Crippen LogP contribution is 2.21. The SMILES string of the molecule is CCOc1ccccc1C(=O)N1CCN(Cc2cn3ccccc3n2)CC1. The number of ether oxygens (including phenoxy) is 1. The summed E-state index contributed by atoms with van der Waals surface area (Å²) < 4.78 is 7.65. The van der Waals surface area contributed by atoms with Gasteiger partial charge < -0.3 is 14.0 Å². The van der Waals surface area contributed by atoms with Gasteiger partial charge in [-0.25, -0.2) is 4.98 Å². The quantitative estimate of drug-likeness (QED) is 0.698. The van der Waals surface area contributed by atoms with Crippen molar-refractivity contribution in [1.29, 1.82) is 0 Å². The third kappa shape index (κ3) is 3.80. The predicted octanol–water partition coefficient (Wildman–Crippen LogP) is 2.69. The van der Waals surface area contributed by atoms with Gasteiger partial charge in [0.2, 0.25) is 0 Å². The zero-order valence-corrected chi connectivity index (χ0v) is 15.5. The molecule has 1 aliphatic rings. The van der Waals surface area contributed by atoms with Crippen molar-refractivity contribution in [2.24, 2.45) is 0 Å². The van der Waals surface area contributed by atoms with Gasteiger partial charge in [-0.3, -0.25) is 9.69 Å². The zero-order valence-electron chi connectivity index (χ0n) is 15.5. The lowest BCUT2D eigenvalue weighted by Gasteiger charge is -2.34. The van der Waals surface area contributed by atoms with Crippen molar-refractivity contribution in [3.8, 4) is 5.75 Å². The van der Waals surface area contributed by atoms with E-state index in [0.717, 1.165) is 31.0 Å². The number of nitrogens with zero attached hydrogens (tertiary/aromatic N) is 4. The number of pyridine rings is 1. The van der Waals surface area contributed by atoms with Crippen LogP contribution in [0.25, 0.3) is 5.65 Å². The fraction of sp³-hybridized carbons (Fsp3) is 0.333. The third-order valence-corrected chi connectivity index (χ3v) is 4.88. The Bertz CT molecular complexity index is 896. The van der Waals surface area contributed by atoms with Gasteiger partial charge in [0.1, 0.15) is 11.4 Å². The lowest BCUT2D eigenvalue weighted by atomic mass is 10.1. The van der Waals surface area contributed by atoms with Crippen LogP contribution in [0.2, 0.25) is 0 Å². The van der Waals surface area contributed by atoms with Gasteiger partial charge >= 0.3 is 0 Å².